The minimum absolute atomic E-state index is 0.0140. The molecule has 11 heteroatoms. The standard InChI is InChI=1S/C21H28N6O4S/c1-3-26-18(12-22-20(29)15-8-6-9-16(11-15)27(30)31)24-25-21(26)32-13-19(28)23-17-10-5-4-7-14(17)2/h6,8-9,11,14,17H,3-5,7,10,12-13H2,1-2H3,(H,22,29)(H,23,28)/t14-,17+/m0/s1. The van der Waals surface area contributed by atoms with Crippen LogP contribution in [0.4, 0.5) is 5.69 Å². The van der Waals surface area contributed by atoms with Crippen molar-refractivity contribution in [2.24, 2.45) is 5.92 Å². The Morgan fingerprint density at radius 2 is 2.06 bits per heavy atom. The van der Waals surface area contributed by atoms with E-state index in [1.54, 1.807) is 0 Å². The number of non-ortho nitro benzene ring substituents is 1. The average Bonchev–Trinajstić information content (AvgIpc) is 3.19. The number of nitrogens with zero attached hydrogens (tertiary/aromatic N) is 4. The van der Waals surface area contributed by atoms with Gasteiger partial charge in [0, 0.05) is 30.3 Å². The summed E-state index contributed by atoms with van der Waals surface area (Å²) in [5, 5.41) is 25.7. The van der Waals surface area contributed by atoms with Gasteiger partial charge in [0.2, 0.25) is 5.91 Å². The molecule has 2 N–H and O–H groups in total. The summed E-state index contributed by atoms with van der Waals surface area (Å²) in [5.74, 6) is 0.851. The van der Waals surface area contributed by atoms with E-state index in [0.717, 1.165) is 19.3 Å². The molecule has 1 heterocycles. The van der Waals surface area contributed by atoms with Crippen LogP contribution in [0.2, 0.25) is 0 Å². The van der Waals surface area contributed by atoms with Gasteiger partial charge in [0.15, 0.2) is 11.0 Å². The number of carbonyl (C=O) groups is 2. The molecule has 3 rings (SSSR count). The Hall–Kier alpha value is -2.95. The molecule has 0 spiro atoms. The Morgan fingerprint density at radius 3 is 2.78 bits per heavy atom. The lowest BCUT2D eigenvalue weighted by atomic mass is 9.86. The second kappa shape index (κ2) is 11.1. The summed E-state index contributed by atoms with van der Waals surface area (Å²) in [5.41, 5.74) is 0.0546. The van der Waals surface area contributed by atoms with Crippen LogP contribution in [0, 0.1) is 16.0 Å². The van der Waals surface area contributed by atoms with Gasteiger partial charge in [-0.05, 0) is 31.7 Å². The highest BCUT2D eigenvalue weighted by Gasteiger charge is 2.23. The Balaban J connectivity index is 1.55. The van der Waals surface area contributed by atoms with Crippen LogP contribution in [-0.4, -0.2) is 43.3 Å². The quantitative estimate of drug-likeness (QED) is 0.334. The van der Waals surface area contributed by atoms with E-state index in [9.17, 15) is 19.7 Å². The molecule has 2 atom stereocenters. The molecule has 0 saturated heterocycles. The topological polar surface area (TPSA) is 132 Å². The lowest BCUT2D eigenvalue weighted by Gasteiger charge is -2.29. The third-order valence-electron chi connectivity index (χ3n) is 5.63. The molecule has 1 aromatic heterocycles. The molecule has 0 radical (unpaired) electrons. The second-order valence-corrected chi connectivity index (χ2v) is 8.80. The number of nitro benzene ring substituents is 1. The highest BCUT2D eigenvalue weighted by Crippen LogP contribution is 2.24. The molecule has 172 valence electrons. The van der Waals surface area contributed by atoms with Gasteiger partial charge in [-0.1, -0.05) is 37.6 Å². The lowest BCUT2D eigenvalue weighted by Crippen LogP contribution is -2.41. The highest BCUT2D eigenvalue weighted by atomic mass is 32.2. The molecule has 2 amide bonds. The zero-order valence-electron chi connectivity index (χ0n) is 18.2. The summed E-state index contributed by atoms with van der Waals surface area (Å²) in [6.45, 7) is 4.82. The first-order valence-corrected chi connectivity index (χ1v) is 11.7. The van der Waals surface area contributed by atoms with Crippen LogP contribution in [-0.2, 0) is 17.9 Å². The molecule has 1 saturated carbocycles. The second-order valence-electron chi connectivity index (χ2n) is 7.86. The molecule has 10 nitrogen and oxygen atoms in total. The number of hydrogen-bond donors (Lipinski definition) is 2. The average molecular weight is 461 g/mol. The van der Waals surface area contributed by atoms with Gasteiger partial charge >= 0.3 is 0 Å². The van der Waals surface area contributed by atoms with Gasteiger partial charge in [-0.3, -0.25) is 19.7 Å². The summed E-state index contributed by atoms with van der Waals surface area (Å²) in [4.78, 5) is 35.1. The van der Waals surface area contributed by atoms with E-state index in [1.807, 2.05) is 11.5 Å². The van der Waals surface area contributed by atoms with Crippen LogP contribution in [0.1, 0.15) is 55.7 Å². The molecular formula is C21H28N6O4S. The number of hydrogen-bond acceptors (Lipinski definition) is 7. The fourth-order valence-corrected chi connectivity index (χ4v) is 4.64. The van der Waals surface area contributed by atoms with Crippen LogP contribution in [0.5, 0.6) is 0 Å². The van der Waals surface area contributed by atoms with E-state index in [-0.39, 0.29) is 35.5 Å². The maximum atomic E-state index is 12.4. The number of rotatable bonds is 9. The van der Waals surface area contributed by atoms with Crippen LogP contribution >= 0.6 is 11.8 Å². The molecule has 1 aliphatic carbocycles. The molecule has 1 fully saturated rings. The molecule has 1 aromatic carbocycles. The fourth-order valence-electron chi connectivity index (χ4n) is 3.81. The maximum Gasteiger partial charge on any atom is 0.270 e. The molecular weight excluding hydrogens is 432 g/mol. The van der Waals surface area contributed by atoms with Gasteiger partial charge in [0.1, 0.15) is 0 Å². The van der Waals surface area contributed by atoms with Gasteiger partial charge in [-0.15, -0.1) is 10.2 Å². The smallest absolute Gasteiger partial charge is 0.270 e. The van der Waals surface area contributed by atoms with Crippen LogP contribution in [0.25, 0.3) is 0 Å². The number of nitrogens with one attached hydrogen (secondary N) is 2. The van der Waals surface area contributed by atoms with Crippen molar-refractivity contribution in [1.29, 1.82) is 0 Å². The third kappa shape index (κ3) is 6.06. The fraction of sp³-hybridized carbons (Fsp3) is 0.524. The summed E-state index contributed by atoms with van der Waals surface area (Å²) in [6.07, 6.45) is 4.55. The van der Waals surface area contributed by atoms with Crippen molar-refractivity contribution in [3.63, 3.8) is 0 Å². The van der Waals surface area contributed by atoms with Crippen molar-refractivity contribution in [2.75, 3.05) is 5.75 Å². The normalized spacial score (nSPS) is 18.2. The Labute approximate surface area is 190 Å². The van der Waals surface area contributed by atoms with E-state index < -0.39 is 10.8 Å². The van der Waals surface area contributed by atoms with Gasteiger partial charge in [-0.2, -0.15) is 0 Å². The van der Waals surface area contributed by atoms with Crippen molar-refractivity contribution in [1.82, 2.24) is 25.4 Å². The molecule has 0 unspecified atom stereocenters. The minimum Gasteiger partial charge on any atom is -0.352 e. The number of benzene rings is 1. The first-order chi connectivity index (χ1) is 15.4. The Kier molecular flexibility index (Phi) is 8.20. The predicted octanol–water partition coefficient (Wildman–Crippen LogP) is 2.92. The highest BCUT2D eigenvalue weighted by molar-refractivity contribution is 7.99. The van der Waals surface area contributed by atoms with Crippen molar-refractivity contribution < 1.29 is 14.5 Å². The van der Waals surface area contributed by atoms with Gasteiger partial charge in [0.25, 0.3) is 11.6 Å². The summed E-state index contributed by atoms with van der Waals surface area (Å²) in [7, 11) is 0. The van der Waals surface area contributed by atoms with E-state index >= 15 is 0 Å². The van der Waals surface area contributed by atoms with Crippen LogP contribution in [0.15, 0.2) is 29.4 Å². The summed E-state index contributed by atoms with van der Waals surface area (Å²) in [6, 6.07) is 5.78. The summed E-state index contributed by atoms with van der Waals surface area (Å²) < 4.78 is 1.84. The van der Waals surface area contributed by atoms with Gasteiger partial charge in [0.05, 0.1) is 17.2 Å². The maximum absolute atomic E-state index is 12.4. The van der Waals surface area contributed by atoms with E-state index in [4.69, 9.17) is 0 Å². The van der Waals surface area contributed by atoms with E-state index in [2.05, 4.69) is 27.8 Å². The zero-order chi connectivity index (χ0) is 23.1. The van der Waals surface area contributed by atoms with Crippen LogP contribution < -0.4 is 10.6 Å². The predicted molar refractivity (Wildman–Crippen MR) is 120 cm³/mol. The number of thioether (sulfide) groups is 1. The first kappa shape index (κ1) is 23.7. The monoisotopic (exact) mass is 460 g/mol. The minimum atomic E-state index is -0.543. The van der Waals surface area contributed by atoms with Crippen molar-refractivity contribution in [3.05, 3.63) is 45.8 Å². The number of nitro groups is 1. The number of aromatic nitrogens is 3. The van der Waals surface area contributed by atoms with E-state index in [0.29, 0.717) is 23.4 Å². The van der Waals surface area contributed by atoms with Crippen molar-refractivity contribution in [2.45, 2.75) is 63.8 Å². The number of carbonyl (C=O) groups excluding carboxylic acids is 2. The largest absolute Gasteiger partial charge is 0.352 e. The van der Waals surface area contributed by atoms with Crippen molar-refractivity contribution in [3.8, 4) is 0 Å². The number of amides is 2. The molecule has 0 bridgehead atoms. The zero-order valence-corrected chi connectivity index (χ0v) is 19.1. The van der Waals surface area contributed by atoms with Crippen molar-refractivity contribution >= 4 is 29.3 Å². The van der Waals surface area contributed by atoms with Crippen LogP contribution in [0.3, 0.4) is 0 Å². The Morgan fingerprint density at radius 1 is 1.28 bits per heavy atom. The van der Waals surface area contributed by atoms with Gasteiger partial charge < -0.3 is 15.2 Å². The molecule has 0 aliphatic heterocycles. The van der Waals surface area contributed by atoms with Gasteiger partial charge in [-0.25, -0.2) is 0 Å². The molecule has 32 heavy (non-hydrogen) atoms. The SMILES string of the molecule is CCn1c(CNC(=O)c2cccc([N+](=O)[O-])c2)nnc1SCC(=O)N[C@@H]1CCCC[C@@H]1C. The molecule has 1 aliphatic rings. The van der Waals surface area contributed by atoms with E-state index in [1.165, 1.54) is 42.4 Å². The Bertz CT molecular complexity index is 979. The first-order valence-electron chi connectivity index (χ1n) is 10.8. The lowest BCUT2D eigenvalue weighted by molar-refractivity contribution is -0.384. The third-order valence-corrected chi connectivity index (χ3v) is 6.59. The molecule has 2 aromatic rings. The summed E-state index contributed by atoms with van der Waals surface area (Å²) >= 11 is 1.32.